The molecule has 0 radical (unpaired) electrons. The standard InChI is InChI=1S/C22H22FN3O3S/c1-3-25(4-2)18-11-5-15(6-12-18)13-19-21(28)26(22(29)30-19)14-20(27)24-17-9-7-16(23)8-10-17/h5-13H,3-4,14H2,1-2H3,(H,24,27)/b19-13-. The van der Waals surface area contributed by atoms with Crippen LogP contribution in [-0.2, 0) is 9.59 Å². The molecule has 0 atom stereocenters. The number of carbonyl (C=O) groups excluding carboxylic acids is 3. The number of nitrogens with one attached hydrogen (secondary N) is 1. The second-order valence-electron chi connectivity index (χ2n) is 6.59. The third-order valence-corrected chi connectivity index (χ3v) is 5.53. The van der Waals surface area contributed by atoms with Crippen molar-refractivity contribution in [2.45, 2.75) is 13.8 Å². The monoisotopic (exact) mass is 427 g/mol. The zero-order chi connectivity index (χ0) is 21.7. The Morgan fingerprint density at radius 3 is 2.30 bits per heavy atom. The summed E-state index contributed by atoms with van der Waals surface area (Å²) in [6.45, 7) is 5.56. The zero-order valence-corrected chi connectivity index (χ0v) is 17.5. The van der Waals surface area contributed by atoms with Gasteiger partial charge in [-0.1, -0.05) is 12.1 Å². The maximum atomic E-state index is 13.0. The molecule has 1 saturated heterocycles. The number of hydrogen-bond donors (Lipinski definition) is 1. The maximum Gasteiger partial charge on any atom is 0.294 e. The largest absolute Gasteiger partial charge is 0.372 e. The third-order valence-electron chi connectivity index (χ3n) is 4.62. The van der Waals surface area contributed by atoms with Crippen LogP contribution in [0.1, 0.15) is 19.4 Å². The van der Waals surface area contributed by atoms with E-state index in [1.165, 1.54) is 24.3 Å². The number of carbonyl (C=O) groups is 3. The molecule has 1 N–H and O–H groups in total. The molecule has 0 bridgehead atoms. The molecule has 30 heavy (non-hydrogen) atoms. The minimum absolute atomic E-state index is 0.269. The number of rotatable bonds is 7. The lowest BCUT2D eigenvalue weighted by Crippen LogP contribution is -2.36. The number of amides is 3. The van der Waals surface area contributed by atoms with Gasteiger partial charge in [-0.15, -0.1) is 0 Å². The van der Waals surface area contributed by atoms with Gasteiger partial charge in [-0.2, -0.15) is 0 Å². The van der Waals surface area contributed by atoms with Gasteiger partial charge in [0.15, 0.2) is 0 Å². The van der Waals surface area contributed by atoms with Gasteiger partial charge < -0.3 is 10.2 Å². The van der Waals surface area contributed by atoms with Crippen molar-refractivity contribution in [3.05, 3.63) is 64.8 Å². The fourth-order valence-electron chi connectivity index (χ4n) is 3.04. The summed E-state index contributed by atoms with van der Waals surface area (Å²) < 4.78 is 13.0. The van der Waals surface area contributed by atoms with E-state index >= 15 is 0 Å². The normalized spacial score (nSPS) is 15.0. The summed E-state index contributed by atoms with van der Waals surface area (Å²) in [4.78, 5) is 40.4. The van der Waals surface area contributed by atoms with Crippen LogP contribution in [0.4, 0.5) is 20.6 Å². The van der Waals surface area contributed by atoms with E-state index in [-0.39, 0.29) is 4.91 Å². The van der Waals surface area contributed by atoms with Gasteiger partial charge in [-0.05, 0) is 73.6 Å². The van der Waals surface area contributed by atoms with Crippen molar-refractivity contribution in [3.63, 3.8) is 0 Å². The highest BCUT2D eigenvalue weighted by atomic mass is 32.2. The van der Waals surface area contributed by atoms with Gasteiger partial charge in [0.25, 0.3) is 11.1 Å². The highest BCUT2D eigenvalue weighted by molar-refractivity contribution is 8.18. The van der Waals surface area contributed by atoms with Crippen LogP contribution >= 0.6 is 11.8 Å². The number of imide groups is 1. The molecular formula is C22H22FN3O3S. The van der Waals surface area contributed by atoms with Crippen LogP contribution in [0.2, 0.25) is 0 Å². The number of thioether (sulfide) groups is 1. The minimum Gasteiger partial charge on any atom is -0.372 e. The van der Waals surface area contributed by atoms with Gasteiger partial charge >= 0.3 is 0 Å². The van der Waals surface area contributed by atoms with E-state index < -0.39 is 29.4 Å². The van der Waals surface area contributed by atoms with Crippen molar-refractivity contribution in [2.24, 2.45) is 0 Å². The Balaban J connectivity index is 1.66. The molecular weight excluding hydrogens is 405 g/mol. The molecule has 2 aromatic carbocycles. The van der Waals surface area contributed by atoms with Crippen LogP contribution in [0.15, 0.2) is 53.4 Å². The van der Waals surface area contributed by atoms with Crippen molar-refractivity contribution in [1.29, 1.82) is 0 Å². The van der Waals surface area contributed by atoms with Crippen molar-refractivity contribution < 1.29 is 18.8 Å². The molecule has 1 aliphatic heterocycles. The smallest absolute Gasteiger partial charge is 0.294 e. The van der Waals surface area contributed by atoms with E-state index in [4.69, 9.17) is 0 Å². The Morgan fingerprint density at radius 1 is 1.07 bits per heavy atom. The molecule has 1 aliphatic rings. The Hall–Kier alpha value is -3.13. The van der Waals surface area contributed by atoms with Crippen LogP contribution in [0, 0.1) is 5.82 Å². The third kappa shape index (κ3) is 5.07. The summed E-state index contributed by atoms with van der Waals surface area (Å²) in [6.07, 6.45) is 1.65. The molecule has 0 aliphatic carbocycles. The van der Waals surface area contributed by atoms with Gasteiger partial charge in [-0.25, -0.2) is 4.39 Å². The van der Waals surface area contributed by atoms with Crippen molar-refractivity contribution in [2.75, 3.05) is 29.9 Å². The number of anilines is 2. The van der Waals surface area contributed by atoms with E-state index in [9.17, 15) is 18.8 Å². The van der Waals surface area contributed by atoms with Gasteiger partial charge in [0.05, 0.1) is 4.91 Å². The van der Waals surface area contributed by atoms with Gasteiger partial charge in [0, 0.05) is 24.5 Å². The van der Waals surface area contributed by atoms with Crippen molar-refractivity contribution in [1.82, 2.24) is 4.90 Å². The predicted molar refractivity (Wildman–Crippen MR) is 118 cm³/mol. The SMILES string of the molecule is CCN(CC)c1ccc(/C=C2\SC(=O)N(CC(=O)Nc3ccc(F)cc3)C2=O)cc1. The number of hydrogen-bond acceptors (Lipinski definition) is 5. The first-order valence-corrected chi connectivity index (χ1v) is 10.4. The lowest BCUT2D eigenvalue weighted by Gasteiger charge is -2.20. The molecule has 6 nitrogen and oxygen atoms in total. The van der Waals surface area contributed by atoms with Gasteiger partial charge in [-0.3, -0.25) is 19.3 Å². The molecule has 2 aromatic rings. The average Bonchev–Trinajstić information content (AvgIpc) is 2.99. The van der Waals surface area contributed by atoms with Gasteiger partial charge in [0.2, 0.25) is 5.91 Å². The average molecular weight is 428 g/mol. The van der Waals surface area contributed by atoms with Crippen LogP contribution < -0.4 is 10.2 Å². The molecule has 0 aromatic heterocycles. The summed E-state index contributed by atoms with van der Waals surface area (Å²) in [7, 11) is 0. The number of halogens is 1. The molecule has 156 valence electrons. The second-order valence-corrected chi connectivity index (χ2v) is 7.58. The van der Waals surface area contributed by atoms with E-state index in [0.29, 0.717) is 5.69 Å². The first-order valence-electron chi connectivity index (χ1n) is 9.57. The van der Waals surface area contributed by atoms with E-state index in [2.05, 4.69) is 24.1 Å². The first-order chi connectivity index (χ1) is 14.4. The molecule has 8 heteroatoms. The summed E-state index contributed by atoms with van der Waals surface area (Å²) in [5.74, 6) is -1.46. The van der Waals surface area contributed by atoms with Crippen LogP contribution in [-0.4, -0.2) is 41.6 Å². The minimum atomic E-state index is -0.534. The molecule has 0 saturated carbocycles. The molecule has 0 spiro atoms. The Bertz CT molecular complexity index is 970. The lowest BCUT2D eigenvalue weighted by atomic mass is 10.1. The molecule has 3 rings (SSSR count). The molecule has 0 unspecified atom stereocenters. The maximum absolute atomic E-state index is 13.0. The number of benzene rings is 2. The van der Waals surface area contributed by atoms with Gasteiger partial charge in [0.1, 0.15) is 12.4 Å². The Kier molecular flexibility index (Phi) is 6.89. The topological polar surface area (TPSA) is 69.7 Å². The fourth-order valence-corrected chi connectivity index (χ4v) is 3.87. The summed E-state index contributed by atoms with van der Waals surface area (Å²) in [5, 5.41) is 2.04. The van der Waals surface area contributed by atoms with Crippen LogP contribution in [0.5, 0.6) is 0 Å². The van der Waals surface area contributed by atoms with Crippen molar-refractivity contribution in [3.8, 4) is 0 Å². The molecule has 1 fully saturated rings. The Labute approximate surface area is 178 Å². The molecule has 3 amide bonds. The second kappa shape index (κ2) is 9.58. The fraction of sp³-hybridized carbons (Fsp3) is 0.227. The van der Waals surface area contributed by atoms with E-state index in [1.54, 1.807) is 6.08 Å². The van der Waals surface area contributed by atoms with Crippen LogP contribution in [0.3, 0.4) is 0 Å². The highest BCUT2D eigenvalue weighted by Crippen LogP contribution is 2.32. The number of nitrogens with zero attached hydrogens (tertiary/aromatic N) is 2. The lowest BCUT2D eigenvalue weighted by molar-refractivity contribution is -0.127. The summed E-state index contributed by atoms with van der Waals surface area (Å²) >= 11 is 0.805. The Morgan fingerprint density at radius 2 is 1.70 bits per heavy atom. The van der Waals surface area contributed by atoms with Crippen LogP contribution in [0.25, 0.3) is 6.08 Å². The highest BCUT2D eigenvalue weighted by Gasteiger charge is 2.36. The quantitative estimate of drug-likeness (QED) is 0.666. The molecule has 1 heterocycles. The predicted octanol–water partition coefficient (Wildman–Crippen LogP) is 4.35. The van der Waals surface area contributed by atoms with E-state index in [1.807, 2.05) is 24.3 Å². The first kappa shape index (κ1) is 21.6. The zero-order valence-electron chi connectivity index (χ0n) is 16.7. The summed E-state index contributed by atoms with van der Waals surface area (Å²) in [5.41, 5.74) is 2.27. The van der Waals surface area contributed by atoms with E-state index in [0.717, 1.165) is 41.0 Å². The van der Waals surface area contributed by atoms with Crippen molar-refractivity contribution >= 4 is 46.3 Å². The summed E-state index contributed by atoms with van der Waals surface area (Å²) in [6, 6.07) is 13.0.